The van der Waals surface area contributed by atoms with Gasteiger partial charge in [-0.05, 0) is 58.0 Å². The Balaban J connectivity index is 2.36. The van der Waals surface area contributed by atoms with Gasteiger partial charge in [-0.15, -0.1) is 11.6 Å². The maximum Gasteiger partial charge on any atom is 0.124 e. The zero-order valence-electron chi connectivity index (χ0n) is 8.63. The van der Waals surface area contributed by atoms with Gasteiger partial charge in [0.15, 0.2) is 0 Å². The van der Waals surface area contributed by atoms with Crippen LogP contribution in [0.2, 0.25) is 0 Å². The minimum atomic E-state index is -0.400. The molecule has 0 spiro atoms. The molecular weight excluding hydrogens is 356 g/mol. The summed E-state index contributed by atoms with van der Waals surface area (Å²) in [7, 11) is 0. The first kappa shape index (κ1) is 12.8. The normalized spacial score (nSPS) is 12.5. The summed E-state index contributed by atoms with van der Waals surface area (Å²) in [6.07, 6.45) is 0. The van der Waals surface area contributed by atoms with Crippen molar-refractivity contribution in [3.8, 4) is 0 Å². The van der Waals surface area contributed by atoms with E-state index in [9.17, 15) is 8.78 Å². The first-order chi connectivity index (χ1) is 8.08. The molecule has 0 aliphatic carbocycles. The summed E-state index contributed by atoms with van der Waals surface area (Å²) in [5.74, 6) is -0.590. The Bertz CT molecular complexity index is 525. The minimum Gasteiger partial charge on any atom is -0.207 e. The van der Waals surface area contributed by atoms with Crippen LogP contribution in [0.15, 0.2) is 42.5 Å². The molecule has 2 aromatic rings. The number of rotatable bonds is 2. The molecule has 0 saturated carbocycles. The molecule has 0 heterocycles. The highest BCUT2D eigenvalue weighted by Gasteiger charge is 2.14. The molecule has 0 amide bonds. The fraction of sp³-hybridized carbons (Fsp3) is 0.0769. The summed E-state index contributed by atoms with van der Waals surface area (Å²) >= 11 is 8.33. The lowest BCUT2D eigenvalue weighted by Crippen LogP contribution is -1.97. The van der Waals surface area contributed by atoms with Crippen molar-refractivity contribution in [3.05, 3.63) is 68.8 Å². The zero-order chi connectivity index (χ0) is 12.4. The quantitative estimate of drug-likeness (QED) is 0.525. The summed E-state index contributed by atoms with van der Waals surface area (Å²) in [4.78, 5) is 0. The Hall–Kier alpha value is -0.680. The summed E-state index contributed by atoms with van der Waals surface area (Å²) in [5, 5.41) is -0.400. The molecule has 1 unspecified atom stereocenters. The van der Waals surface area contributed by atoms with Crippen LogP contribution in [0.5, 0.6) is 0 Å². The van der Waals surface area contributed by atoms with Gasteiger partial charge in [0, 0.05) is 3.57 Å². The fourth-order valence-corrected chi connectivity index (χ4v) is 2.83. The predicted octanol–water partition coefficient (Wildman–Crippen LogP) is 4.90. The molecule has 0 radical (unpaired) electrons. The van der Waals surface area contributed by atoms with Gasteiger partial charge in [0.25, 0.3) is 0 Å². The Morgan fingerprint density at radius 2 is 1.53 bits per heavy atom. The minimum absolute atomic E-state index is 0.291. The first-order valence-corrected chi connectivity index (χ1v) is 6.44. The average molecular weight is 365 g/mol. The lowest BCUT2D eigenvalue weighted by molar-refractivity contribution is 0.625. The van der Waals surface area contributed by atoms with Crippen molar-refractivity contribution >= 4 is 34.2 Å². The van der Waals surface area contributed by atoms with Gasteiger partial charge in [0.05, 0.1) is 5.38 Å². The lowest BCUT2D eigenvalue weighted by atomic mass is 10.0. The first-order valence-electron chi connectivity index (χ1n) is 4.92. The molecule has 88 valence electrons. The fourth-order valence-electron chi connectivity index (χ4n) is 1.52. The Kier molecular flexibility index (Phi) is 3.99. The molecule has 0 aliphatic heterocycles. The van der Waals surface area contributed by atoms with Gasteiger partial charge in [-0.25, -0.2) is 8.78 Å². The molecule has 17 heavy (non-hydrogen) atoms. The molecule has 4 heteroatoms. The van der Waals surface area contributed by atoms with E-state index in [1.165, 1.54) is 24.3 Å². The second-order valence-electron chi connectivity index (χ2n) is 3.58. The van der Waals surface area contributed by atoms with E-state index in [-0.39, 0.29) is 11.6 Å². The third kappa shape index (κ3) is 2.96. The Labute approximate surface area is 117 Å². The number of benzene rings is 2. The SMILES string of the molecule is Fc1ccc(C(Cl)c2ccc(F)cc2I)cc1. The van der Waals surface area contributed by atoms with Crippen molar-refractivity contribution in [1.82, 2.24) is 0 Å². The van der Waals surface area contributed by atoms with Crippen molar-refractivity contribution in [1.29, 1.82) is 0 Å². The number of hydrogen-bond acceptors (Lipinski definition) is 0. The van der Waals surface area contributed by atoms with Gasteiger partial charge < -0.3 is 0 Å². The van der Waals surface area contributed by atoms with E-state index in [0.717, 1.165) is 14.7 Å². The van der Waals surface area contributed by atoms with E-state index < -0.39 is 5.38 Å². The molecule has 2 rings (SSSR count). The van der Waals surface area contributed by atoms with Crippen molar-refractivity contribution in [2.75, 3.05) is 0 Å². The third-order valence-electron chi connectivity index (χ3n) is 2.40. The van der Waals surface area contributed by atoms with Gasteiger partial charge in [-0.2, -0.15) is 0 Å². The molecule has 2 aromatic carbocycles. The van der Waals surface area contributed by atoms with Crippen LogP contribution in [-0.4, -0.2) is 0 Å². The standard InChI is InChI=1S/C13H8ClF2I/c14-13(8-1-3-9(15)4-2-8)11-6-5-10(16)7-12(11)17/h1-7,13H. The van der Waals surface area contributed by atoms with Gasteiger partial charge in [0.1, 0.15) is 11.6 Å². The van der Waals surface area contributed by atoms with E-state index in [1.54, 1.807) is 18.2 Å². The van der Waals surface area contributed by atoms with Crippen LogP contribution in [0.3, 0.4) is 0 Å². The Morgan fingerprint density at radius 3 is 2.12 bits per heavy atom. The topological polar surface area (TPSA) is 0 Å². The second kappa shape index (κ2) is 5.31. The number of hydrogen-bond donors (Lipinski definition) is 0. The average Bonchev–Trinajstić information content (AvgIpc) is 2.29. The Morgan fingerprint density at radius 1 is 0.941 bits per heavy atom. The summed E-state index contributed by atoms with van der Waals surface area (Å²) in [5.41, 5.74) is 1.61. The molecule has 0 fully saturated rings. The van der Waals surface area contributed by atoms with Crippen LogP contribution >= 0.6 is 34.2 Å². The summed E-state index contributed by atoms with van der Waals surface area (Å²) in [6.45, 7) is 0. The van der Waals surface area contributed by atoms with Crippen LogP contribution in [-0.2, 0) is 0 Å². The van der Waals surface area contributed by atoms with Gasteiger partial charge >= 0.3 is 0 Å². The highest BCUT2D eigenvalue weighted by Crippen LogP contribution is 2.32. The molecular formula is C13H8ClF2I. The van der Waals surface area contributed by atoms with E-state index in [4.69, 9.17) is 11.6 Å². The number of halogens is 4. The largest absolute Gasteiger partial charge is 0.207 e. The van der Waals surface area contributed by atoms with Crippen molar-refractivity contribution in [2.45, 2.75) is 5.38 Å². The van der Waals surface area contributed by atoms with Gasteiger partial charge in [-0.1, -0.05) is 18.2 Å². The predicted molar refractivity (Wildman–Crippen MR) is 73.2 cm³/mol. The molecule has 0 bridgehead atoms. The lowest BCUT2D eigenvalue weighted by Gasteiger charge is -2.12. The molecule has 0 aliphatic rings. The maximum absolute atomic E-state index is 13.0. The van der Waals surface area contributed by atoms with Crippen molar-refractivity contribution < 1.29 is 8.78 Å². The molecule has 0 aromatic heterocycles. The van der Waals surface area contributed by atoms with E-state index >= 15 is 0 Å². The van der Waals surface area contributed by atoms with Crippen LogP contribution in [0, 0.1) is 15.2 Å². The van der Waals surface area contributed by atoms with E-state index in [0.29, 0.717) is 0 Å². The van der Waals surface area contributed by atoms with E-state index in [1.807, 2.05) is 22.6 Å². The van der Waals surface area contributed by atoms with Gasteiger partial charge in [-0.3, -0.25) is 0 Å². The van der Waals surface area contributed by atoms with Crippen LogP contribution in [0.4, 0.5) is 8.78 Å². The highest BCUT2D eigenvalue weighted by molar-refractivity contribution is 14.1. The molecule has 0 N–H and O–H groups in total. The molecule has 0 nitrogen and oxygen atoms in total. The zero-order valence-corrected chi connectivity index (χ0v) is 11.5. The van der Waals surface area contributed by atoms with Crippen LogP contribution in [0.1, 0.15) is 16.5 Å². The maximum atomic E-state index is 13.0. The number of alkyl halides is 1. The molecule has 0 saturated heterocycles. The van der Waals surface area contributed by atoms with Crippen LogP contribution < -0.4 is 0 Å². The monoisotopic (exact) mass is 364 g/mol. The highest BCUT2D eigenvalue weighted by atomic mass is 127. The summed E-state index contributed by atoms with van der Waals surface area (Å²) in [6, 6.07) is 10.4. The van der Waals surface area contributed by atoms with Crippen molar-refractivity contribution in [3.63, 3.8) is 0 Å². The third-order valence-corrected chi connectivity index (χ3v) is 3.82. The smallest absolute Gasteiger partial charge is 0.124 e. The van der Waals surface area contributed by atoms with E-state index in [2.05, 4.69) is 0 Å². The second-order valence-corrected chi connectivity index (χ2v) is 5.18. The molecule has 1 atom stereocenters. The van der Waals surface area contributed by atoms with Crippen LogP contribution in [0.25, 0.3) is 0 Å². The van der Waals surface area contributed by atoms with Crippen molar-refractivity contribution in [2.24, 2.45) is 0 Å². The van der Waals surface area contributed by atoms with Gasteiger partial charge in [0.2, 0.25) is 0 Å². The summed E-state index contributed by atoms with van der Waals surface area (Å²) < 4.78 is 26.5.